The number of esters is 1. The van der Waals surface area contributed by atoms with Gasteiger partial charge in [0, 0.05) is 0 Å². The number of carbonyl (C=O) groups is 1. The molecule has 6 nitrogen and oxygen atoms in total. The molecule has 1 atom stereocenters. The smallest absolute Gasteiger partial charge is 0.346 e. The number of anilines is 1. The molecule has 1 unspecified atom stereocenters. The number of ether oxygens (including phenoxy) is 4. The summed E-state index contributed by atoms with van der Waals surface area (Å²) >= 11 is 0. The van der Waals surface area contributed by atoms with Crippen molar-refractivity contribution < 1.29 is 23.7 Å². The summed E-state index contributed by atoms with van der Waals surface area (Å²) in [6, 6.07) is 21.9. The number of hydrogen-bond donors (Lipinski definition) is 0. The van der Waals surface area contributed by atoms with Crippen LogP contribution in [0.4, 0.5) is 5.69 Å². The molecule has 0 N–H and O–H groups in total. The quantitative estimate of drug-likeness (QED) is 0.459. The van der Waals surface area contributed by atoms with Gasteiger partial charge in [-0.2, -0.15) is 0 Å². The van der Waals surface area contributed by atoms with Gasteiger partial charge in [-0.25, -0.2) is 4.79 Å². The average Bonchev–Trinajstić information content (AvgIpc) is 2.85. The fraction of sp³-hybridized carbons (Fsp3) is 0.296. The molecule has 3 aromatic rings. The zero-order chi connectivity index (χ0) is 23.2. The maximum Gasteiger partial charge on any atom is 0.346 e. The van der Waals surface area contributed by atoms with Crippen molar-refractivity contribution in [2.75, 3.05) is 38.3 Å². The molecule has 1 aliphatic rings. The zero-order valence-electron chi connectivity index (χ0n) is 19.2. The van der Waals surface area contributed by atoms with Crippen LogP contribution in [-0.2, 0) is 9.53 Å². The monoisotopic (exact) mass is 447 g/mol. The van der Waals surface area contributed by atoms with Crippen molar-refractivity contribution in [1.29, 1.82) is 0 Å². The molecule has 172 valence electrons. The molecule has 0 spiro atoms. The molecule has 0 aliphatic carbocycles. The Labute approximate surface area is 194 Å². The van der Waals surface area contributed by atoms with Gasteiger partial charge in [-0.05, 0) is 60.9 Å². The van der Waals surface area contributed by atoms with Gasteiger partial charge in [0.1, 0.15) is 30.5 Å². The molecule has 0 aromatic heterocycles. The molecule has 3 aromatic carbocycles. The van der Waals surface area contributed by atoms with Crippen LogP contribution in [0.3, 0.4) is 0 Å². The van der Waals surface area contributed by atoms with E-state index in [1.807, 2.05) is 67.6 Å². The van der Waals surface area contributed by atoms with Crippen molar-refractivity contribution in [3.8, 4) is 28.4 Å². The van der Waals surface area contributed by atoms with Gasteiger partial charge in [0.05, 0.1) is 25.9 Å². The van der Waals surface area contributed by atoms with Gasteiger partial charge in [-0.1, -0.05) is 36.4 Å². The highest BCUT2D eigenvalue weighted by atomic mass is 16.6. The lowest BCUT2D eigenvalue weighted by atomic mass is 10.00. The van der Waals surface area contributed by atoms with Crippen LogP contribution in [0.5, 0.6) is 17.2 Å². The minimum Gasteiger partial charge on any atom is -0.492 e. The Kier molecular flexibility index (Phi) is 7.03. The molecule has 0 bridgehead atoms. The summed E-state index contributed by atoms with van der Waals surface area (Å²) in [4.78, 5) is 14.0. The number of benzene rings is 3. The third-order valence-electron chi connectivity index (χ3n) is 5.74. The highest BCUT2D eigenvalue weighted by molar-refractivity contribution is 5.75. The van der Waals surface area contributed by atoms with E-state index in [0.29, 0.717) is 19.0 Å². The summed E-state index contributed by atoms with van der Waals surface area (Å²) in [7, 11) is 1.36. The predicted octanol–water partition coefficient (Wildman–Crippen LogP) is 4.88. The van der Waals surface area contributed by atoms with Crippen molar-refractivity contribution in [1.82, 2.24) is 0 Å². The second-order valence-corrected chi connectivity index (χ2v) is 7.89. The lowest BCUT2D eigenvalue weighted by Gasteiger charge is -2.31. The minimum atomic E-state index is -0.668. The van der Waals surface area contributed by atoms with Crippen molar-refractivity contribution in [3.05, 3.63) is 72.3 Å². The maximum absolute atomic E-state index is 11.7. The number of nitrogens with zero attached hydrogens (tertiary/aromatic N) is 1. The van der Waals surface area contributed by atoms with E-state index in [0.717, 1.165) is 47.0 Å². The summed E-state index contributed by atoms with van der Waals surface area (Å²) in [6.07, 6.45) is -0.668. The first-order valence-electron chi connectivity index (χ1n) is 11.1. The van der Waals surface area contributed by atoms with Gasteiger partial charge in [-0.3, -0.25) is 0 Å². The van der Waals surface area contributed by atoms with E-state index >= 15 is 0 Å². The van der Waals surface area contributed by atoms with Crippen LogP contribution in [0.15, 0.2) is 66.7 Å². The molecule has 33 heavy (non-hydrogen) atoms. The Morgan fingerprint density at radius 1 is 1.06 bits per heavy atom. The van der Waals surface area contributed by atoms with Crippen molar-refractivity contribution >= 4 is 11.7 Å². The molecule has 0 saturated carbocycles. The molecular weight excluding hydrogens is 418 g/mol. The molecule has 4 rings (SSSR count). The molecule has 1 heterocycles. The molecule has 6 heteroatoms. The summed E-state index contributed by atoms with van der Waals surface area (Å²) in [6.45, 7) is 6.58. The Bertz CT molecular complexity index is 1100. The zero-order valence-corrected chi connectivity index (χ0v) is 19.2. The van der Waals surface area contributed by atoms with Crippen LogP contribution in [0.1, 0.15) is 12.5 Å². The van der Waals surface area contributed by atoms with Crippen molar-refractivity contribution in [3.63, 3.8) is 0 Å². The lowest BCUT2D eigenvalue weighted by molar-refractivity contribution is -0.147. The first-order valence-corrected chi connectivity index (χ1v) is 11.1. The Morgan fingerprint density at radius 3 is 2.64 bits per heavy atom. The molecule has 0 radical (unpaired) electrons. The fourth-order valence-electron chi connectivity index (χ4n) is 3.92. The van der Waals surface area contributed by atoms with Gasteiger partial charge in [-0.15, -0.1) is 0 Å². The first kappa shape index (κ1) is 22.5. The Balaban J connectivity index is 1.38. The normalized spacial score (nSPS) is 13.5. The summed E-state index contributed by atoms with van der Waals surface area (Å²) in [5, 5.41) is 0. The van der Waals surface area contributed by atoms with E-state index in [1.54, 1.807) is 6.92 Å². The number of methoxy groups -OCH3 is 1. The van der Waals surface area contributed by atoms with E-state index in [9.17, 15) is 4.79 Å². The molecule has 0 amide bonds. The predicted molar refractivity (Wildman–Crippen MR) is 128 cm³/mol. The summed E-state index contributed by atoms with van der Waals surface area (Å²) in [5.41, 5.74) is 4.17. The number of rotatable bonds is 8. The van der Waals surface area contributed by atoms with Crippen LogP contribution >= 0.6 is 0 Å². The highest BCUT2D eigenvalue weighted by Crippen LogP contribution is 2.32. The summed E-state index contributed by atoms with van der Waals surface area (Å²) < 4.78 is 22.3. The Hall–Kier alpha value is -3.67. The molecule has 0 fully saturated rings. The third-order valence-corrected chi connectivity index (χ3v) is 5.74. The topological polar surface area (TPSA) is 57.2 Å². The third kappa shape index (κ3) is 5.22. The van der Waals surface area contributed by atoms with Crippen molar-refractivity contribution in [2.45, 2.75) is 20.0 Å². The van der Waals surface area contributed by atoms with Gasteiger partial charge in [0.15, 0.2) is 6.10 Å². The van der Waals surface area contributed by atoms with Gasteiger partial charge >= 0.3 is 5.97 Å². The number of para-hydroxylation sites is 2. The second-order valence-electron chi connectivity index (χ2n) is 7.89. The standard InChI is InChI=1S/C27H29NO5/c1-19-23(7-6-10-25(19)33-20(2)27(29)30-3)21-11-13-22(14-12-21)31-17-15-28-16-18-32-26-9-5-4-8-24(26)28/h4-14,20H,15-18H2,1-3H3. The van der Waals surface area contributed by atoms with E-state index in [4.69, 9.17) is 18.9 Å². The fourth-order valence-corrected chi connectivity index (χ4v) is 3.92. The van der Waals surface area contributed by atoms with Crippen LogP contribution in [-0.4, -0.2) is 45.5 Å². The van der Waals surface area contributed by atoms with Crippen LogP contribution in [0, 0.1) is 6.92 Å². The first-order chi connectivity index (χ1) is 16.1. The second kappa shape index (κ2) is 10.3. The van der Waals surface area contributed by atoms with Crippen LogP contribution in [0.2, 0.25) is 0 Å². The van der Waals surface area contributed by atoms with E-state index in [2.05, 4.69) is 11.0 Å². The van der Waals surface area contributed by atoms with E-state index < -0.39 is 12.1 Å². The van der Waals surface area contributed by atoms with Gasteiger partial charge in [0.2, 0.25) is 0 Å². The van der Waals surface area contributed by atoms with Crippen LogP contribution in [0.25, 0.3) is 11.1 Å². The van der Waals surface area contributed by atoms with Crippen molar-refractivity contribution in [2.24, 2.45) is 0 Å². The molecular formula is C27H29NO5. The number of hydrogen-bond acceptors (Lipinski definition) is 6. The number of carbonyl (C=O) groups excluding carboxylic acids is 1. The largest absolute Gasteiger partial charge is 0.492 e. The van der Waals surface area contributed by atoms with Gasteiger partial charge < -0.3 is 23.8 Å². The van der Waals surface area contributed by atoms with E-state index in [1.165, 1.54) is 7.11 Å². The SMILES string of the molecule is COC(=O)C(C)Oc1cccc(-c2ccc(OCCN3CCOc4ccccc43)cc2)c1C. The average molecular weight is 448 g/mol. The maximum atomic E-state index is 11.7. The molecule has 0 saturated heterocycles. The highest BCUT2D eigenvalue weighted by Gasteiger charge is 2.18. The Morgan fingerprint density at radius 2 is 1.85 bits per heavy atom. The summed E-state index contributed by atoms with van der Waals surface area (Å²) in [5.74, 6) is 2.01. The molecule has 1 aliphatic heterocycles. The van der Waals surface area contributed by atoms with Crippen LogP contribution < -0.4 is 19.1 Å². The van der Waals surface area contributed by atoms with Gasteiger partial charge in [0.25, 0.3) is 0 Å². The van der Waals surface area contributed by atoms with E-state index in [-0.39, 0.29) is 0 Å². The lowest BCUT2D eigenvalue weighted by Crippen LogP contribution is -2.35. The minimum absolute atomic E-state index is 0.401. The number of fused-ring (bicyclic) bond motifs is 1.